The summed E-state index contributed by atoms with van der Waals surface area (Å²) in [6.45, 7) is 8.77. The zero-order valence-corrected chi connectivity index (χ0v) is 14.5. The van der Waals surface area contributed by atoms with Crippen LogP contribution in [0.5, 0.6) is 0 Å². The molecular formula is C19H24N2O3. The molecule has 5 nitrogen and oxygen atoms in total. The van der Waals surface area contributed by atoms with Crippen LogP contribution < -0.4 is 5.73 Å². The molecule has 0 atom stereocenters. The van der Waals surface area contributed by atoms with Crippen molar-refractivity contribution in [1.82, 2.24) is 0 Å². The van der Waals surface area contributed by atoms with Gasteiger partial charge in [-0.3, -0.25) is 14.9 Å². The summed E-state index contributed by atoms with van der Waals surface area (Å²) < 4.78 is 0. The lowest BCUT2D eigenvalue weighted by atomic mass is 9.84. The summed E-state index contributed by atoms with van der Waals surface area (Å²) in [7, 11) is 0. The standard InChI is InChI=1S/C18H21NO2.CH3NO/c1-12(2)16-6-5-7-17(18(16)13(3)4)14-8-10-15(11-9-14)19(20)21;2-1-3/h5-13H,1-4H3;1H,(H2,2,3). The molecule has 2 rings (SSSR count). The molecule has 0 aliphatic rings. The van der Waals surface area contributed by atoms with Gasteiger partial charge in [0.05, 0.1) is 4.92 Å². The van der Waals surface area contributed by atoms with Gasteiger partial charge < -0.3 is 5.73 Å². The van der Waals surface area contributed by atoms with E-state index in [0.29, 0.717) is 11.8 Å². The maximum atomic E-state index is 10.8. The highest BCUT2D eigenvalue weighted by atomic mass is 16.6. The van der Waals surface area contributed by atoms with Crippen molar-refractivity contribution in [2.24, 2.45) is 5.73 Å². The normalized spacial score (nSPS) is 10.2. The Kier molecular flexibility index (Phi) is 7.11. The van der Waals surface area contributed by atoms with Gasteiger partial charge >= 0.3 is 0 Å². The number of benzene rings is 2. The molecule has 1 amide bonds. The molecule has 0 fully saturated rings. The van der Waals surface area contributed by atoms with E-state index in [2.05, 4.69) is 51.6 Å². The quantitative estimate of drug-likeness (QED) is 0.505. The Morgan fingerprint density at radius 2 is 1.54 bits per heavy atom. The minimum absolute atomic E-state index is 0.130. The number of nitro benzene ring substituents is 1. The minimum atomic E-state index is -0.363. The second-order valence-corrected chi connectivity index (χ2v) is 6.06. The molecule has 5 heteroatoms. The van der Waals surface area contributed by atoms with Crippen molar-refractivity contribution in [2.75, 3.05) is 0 Å². The van der Waals surface area contributed by atoms with Gasteiger partial charge in [0.15, 0.2) is 0 Å². The van der Waals surface area contributed by atoms with Gasteiger partial charge in [0.2, 0.25) is 6.41 Å². The van der Waals surface area contributed by atoms with Gasteiger partial charge in [-0.2, -0.15) is 0 Å². The first-order valence-electron chi connectivity index (χ1n) is 7.86. The molecule has 0 radical (unpaired) electrons. The molecule has 0 heterocycles. The van der Waals surface area contributed by atoms with E-state index in [0.717, 1.165) is 5.56 Å². The van der Waals surface area contributed by atoms with Crippen LogP contribution in [0.1, 0.15) is 50.7 Å². The summed E-state index contributed by atoms with van der Waals surface area (Å²) in [5.41, 5.74) is 9.19. The lowest BCUT2D eigenvalue weighted by Crippen LogP contribution is -2.01. The molecule has 2 aromatic carbocycles. The van der Waals surface area contributed by atoms with Gasteiger partial charge in [-0.1, -0.05) is 45.9 Å². The van der Waals surface area contributed by atoms with Crippen LogP contribution in [-0.2, 0) is 4.79 Å². The van der Waals surface area contributed by atoms with Crippen LogP contribution in [0.2, 0.25) is 0 Å². The number of non-ortho nitro benzene ring substituents is 1. The van der Waals surface area contributed by atoms with E-state index in [9.17, 15) is 10.1 Å². The monoisotopic (exact) mass is 328 g/mol. The van der Waals surface area contributed by atoms with Crippen LogP contribution in [0.4, 0.5) is 5.69 Å². The third-order valence-corrected chi connectivity index (χ3v) is 3.73. The van der Waals surface area contributed by atoms with E-state index in [1.807, 2.05) is 12.1 Å². The third-order valence-electron chi connectivity index (χ3n) is 3.73. The first kappa shape index (κ1) is 19.4. The second kappa shape index (κ2) is 8.82. The Labute approximate surface area is 142 Å². The zero-order chi connectivity index (χ0) is 18.3. The average Bonchev–Trinajstić information content (AvgIpc) is 2.54. The maximum Gasteiger partial charge on any atom is 0.269 e. The summed E-state index contributed by atoms with van der Waals surface area (Å²) >= 11 is 0. The summed E-state index contributed by atoms with van der Waals surface area (Å²) in [6, 6.07) is 13.2. The number of carbonyl (C=O) groups excluding carboxylic acids is 1. The summed E-state index contributed by atoms with van der Waals surface area (Å²) in [4.78, 5) is 19.0. The number of primary amides is 1. The van der Waals surface area contributed by atoms with Gasteiger partial charge in [-0.15, -0.1) is 0 Å². The van der Waals surface area contributed by atoms with Gasteiger partial charge in [-0.05, 0) is 46.2 Å². The van der Waals surface area contributed by atoms with Crippen molar-refractivity contribution >= 4 is 12.1 Å². The van der Waals surface area contributed by atoms with Crippen molar-refractivity contribution in [3.63, 3.8) is 0 Å². The molecule has 128 valence electrons. The molecule has 0 bridgehead atoms. The summed E-state index contributed by atoms with van der Waals surface area (Å²) in [5, 5.41) is 10.8. The van der Waals surface area contributed by atoms with E-state index in [-0.39, 0.29) is 17.0 Å². The van der Waals surface area contributed by atoms with Crippen LogP contribution in [0.3, 0.4) is 0 Å². The molecule has 0 spiro atoms. The molecule has 2 aromatic rings. The average molecular weight is 328 g/mol. The fourth-order valence-corrected chi connectivity index (χ4v) is 2.75. The Hall–Kier alpha value is -2.69. The van der Waals surface area contributed by atoms with Crippen molar-refractivity contribution in [2.45, 2.75) is 39.5 Å². The van der Waals surface area contributed by atoms with E-state index in [1.165, 1.54) is 16.7 Å². The SMILES string of the molecule is CC(C)c1cccc(-c2ccc([N+](=O)[O-])cc2)c1C(C)C.NC=O. The highest BCUT2D eigenvalue weighted by Gasteiger charge is 2.16. The number of hydrogen-bond acceptors (Lipinski definition) is 3. The number of carbonyl (C=O) groups is 1. The molecule has 0 aliphatic carbocycles. The number of amides is 1. The number of hydrogen-bond donors (Lipinski definition) is 1. The largest absolute Gasteiger partial charge is 0.372 e. The molecular weight excluding hydrogens is 304 g/mol. The van der Waals surface area contributed by atoms with Crippen molar-refractivity contribution in [3.05, 3.63) is 63.7 Å². The molecule has 0 saturated heterocycles. The van der Waals surface area contributed by atoms with E-state index < -0.39 is 0 Å². The third kappa shape index (κ3) is 4.65. The Bertz CT molecular complexity index is 692. The van der Waals surface area contributed by atoms with Gasteiger partial charge in [0.25, 0.3) is 5.69 Å². The fourth-order valence-electron chi connectivity index (χ4n) is 2.75. The highest BCUT2D eigenvalue weighted by molar-refractivity contribution is 5.70. The molecule has 0 unspecified atom stereocenters. The van der Waals surface area contributed by atoms with Crippen LogP contribution in [0.25, 0.3) is 11.1 Å². The van der Waals surface area contributed by atoms with Crippen LogP contribution >= 0.6 is 0 Å². The van der Waals surface area contributed by atoms with E-state index in [1.54, 1.807) is 12.1 Å². The van der Waals surface area contributed by atoms with Gasteiger partial charge in [-0.25, -0.2) is 0 Å². The number of nitro groups is 1. The van der Waals surface area contributed by atoms with E-state index in [4.69, 9.17) is 4.79 Å². The van der Waals surface area contributed by atoms with E-state index >= 15 is 0 Å². The number of nitrogens with zero attached hydrogens (tertiary/aromatic N) is 1. The Morgan fingerprint density at radius 3 is 1.96 bits per heavy atom. The predicted octanol–water partition coefficient (Wildman–Crippen LogP) is 4.61. The van der Waals surface area contributed by atoms with Gasteiger partial charge in [0, 0.05) is 12.1 Å². The minimum Gasteiger partial charge on any atom is -0.372 e. The van der Waals surface area contributed by atoms with Crippen molar-refractivity contribution in [1.29, 1.82) is 0 Å². The lowest BCUT2D eigenvalue weighted by Gasteiger charge is -2.20. The number of nitrogens with two attached hydrogens (primary N) is 1. The zero-order valence-electron chi connectivity index (χ0n) is 14.5. The van der Waals surface area contributed by atoms with Crippen molar-refractivity contribution in [3.8, 4) is 11.1 Å². The second-order valence-electron chi connectivity index (χ2n) is 6.06. The Balaban J connectivity index is 0.000000891. The fraction of sp³-hybridized carbons (Fsp3) is 0.316. The molecule has 0 aromatic heterocycles. The molecule has 2 N–H and O–H groups in total. The topological polar surface area (TPSA) is 86.2 Å². The lowest BCUT2D eigenvalue weighted by molar-refractivity contribution is -0.384. The first-order chi connectivity index (χ1) is 11.3. The number of rotatable bonds is 4. The van der Waals surface area contributed by atoms with Crippen LogP contribution in [0.15, 0.2) is 42.5 Å². The van der Waals surface area contributed by atoms with Crippen molar-refractivity contribution < 1.29 is 9.72 Å². The highest BCUT2D eigenvalue weighted by Crippen LogP contribution is 2.35. The Morgan fingerprint density at radius 1 is 1.00 bits per heavy atom. The van der Waals surface area contributed by atoms with Gasteiger partial charge in [0.1, 0.15) is 0 Å². The molecule has 24 heavy (non-hydrogen) atoms. The first-order valence-corrected chi connectivity index (χ1v) is 7.86. The summed E-state index contributed by atoms with van der Waals surface area (Å²) in [5.74, 6) is 0.870. The molecule has 0 aliphatic heterocycles. The summed E-state index contributed by atoms with van der Waals surface area (Å²) in [6.07, 6.45) is 0.250. The van der Waals surface area contributed by atoms with Crippen LogP contribution in [-0.4, -0.2) is 11.3 Å². The molecule has 0 saturated carbocycles. The maximum absolute atomic E-state index is 10.8. The van der Waals surface area contributed by atoms with Crippen LogP contribution in [0, 0.1) is 10.1 Å². The smallest absolute Gasteiger partial charge is 0.269 e. The predicted molar refractivity (Wildman–Crippen MR) is 97.0 cm³/mol.